The number of hydrogen-bond donors (Lipinski definition) is 0. The van der Waals surface area contributed by atoms with Gasteiger partial charge >= 0.3 is 0 Å². The van der Waals surface area contributed by atoms with E-state index in [9.17, 15) is 0 Å². The van der Waals surface area contributed by atoms with Crippen LogP contribution in [0.25, 0.3) is 0 Å². The second kappa shape index (κ2) is 50.7. The van der Waals surface area contributed by atoms with Crippen molar-refractivity contribution in [2.45, 2.75) is 188 Å². The van der Waals surface area contributed by atoms with Gasteiger partial charge in [0.2, 0.25) is 0 Å². The number of rotatable bonds is 44. The van der Waals surface area contributed by atoms with Crippen LogP contribution in [-0.4, -0.2) is 122 Å². The average molecular weight is 1750 g/mol. The number of nitrogens with zero attached hydrogens (tertiary/aromatic N) is 8. The molecule has 0 saturated carbocycles. The van der Waals surface area contributed by atoms with Crippen LogP contribution in [0.3, 0.4) is 0 Å². The fourth-order valence-electron chi connectivity index (χ4n) is 16.2. The van der Waals surface area contributed by atoms with Gasteiger partial charge in [0, 0.05) is 37.2 Å². The summed E-state index contributed by atoms with van der Waals surface area (Å²) in [6, 6.07) is 51.1. The topological polar surface area (TPSA) is 182 Å². The van der Waals surface area contributed by atoms with Crippen LogP contribution < -0.4 is 56.8 Å². The number of aryl methyl sites for hydroxylation is 8. The molecule has 20 nitrogen and oxygen atoms in total. The van der Waals surface area contributed by atoms with E-state index in [4.69, 9.17) is 56.8 Å². The molecular formula is C108H144N8O12. The Hall–Kier alpha value is -11.8. The van der Waals surface area contributed by atoms with Crippen LogP contribution in [0.2, 0.25) is 0 Å². The summed E-state index contributed by atoms with van der Waals surface area (Å²) < 4.78 is 76.2. The maximum atomic E-state index is 6.08. The van der Waals surface area contributed by atoms with Crippen LogP contribution in [0.4, 0.5) is 0 Å². The average Bonchev–Trinajstić information content (AvgIpc) is 1.03. The van der Waals surface area contributed by atoms with Gasteiger partial charge in [-0.1, -0.05) is 128 Å². The van der Waals surface area contributed by atoms with Gasteiger partial charge in [0.1, 0.15) is 61.1 Å². The second-order valence-corrected chi connectivity index (χ2v) is 34.8. The molecule has 8 aromatic carbocycles. The monoisotopic (exact) mass is 1750 g/mol. The number of aromatic nitrogens is 8. The first-order valence-corrected chi connectivity index (χ1v) is 45.3. The lowest BCUT2D eigenvalue weighted by atomic mass is 9.85. The smallest absolute Gasteiger partial charge is 0.161 e. The van der Waals surface area contributed by atoms with Gasteiger partial charge in [0.15, 0.2) is 46.0 Å². The van der Waals surface area contributed by atoms with Crippen LogP contribution in [0, 0.1) is 103 Å². The SMILES string of the molecule is COc1ccc(C[C@@H](C)[C@@H](C)Cc2ccc(OC)c(OCCn3ccnc3C)c2)cc1C.COc1ccc(C[C@@H](C)[C@@H](C)Cc2ccc(OC)c(OCCn3ccnc3C)c2)cc1C.COc1ccc(C[C@@H](C)[C@@H](C)Cc2ccc(OC)c(OCCn3cnc(C)c3)c2)cc1C.COc1ccc(C[C@@H](C)[C@@H](C)Cc2ccc(OC)c(OCCn3cnc(C)c3)c2)cc1C. The molecule has 0 unspecified atom stereocenters. The van der Waals surface area contributed by atoms with Crippen molar-refractivity contribution < 1.29 is 56.8 Å². The second-order valence-electron chi connectivity index (χ2n) is 34.8. The minimum Gasteiger partial charge on any atom is -0.496 e. The molecule has 0 radical (unpaired) electrons. The van der Waals surface area contributed by atoms with Gasteiger partial charge in [-0.3, -0.25) is 0 Å². The molecule has 128 heavy (non-hydrogen) atoms. The van der Waals surface area contributed by atoms with Crippen LogP contribution in [0.1, 0.15) is 145 Å². The number of hydrogen-bond acceptors (Lipinski definition) is 16. The molecule has 688 valence electrons. The molecular weight excluding hydrogens is 1600 g/mol. The summed E-state index contributed by atoms with van der Waals surface area (Å²) in [5.74, 6) is 16.4. The van der Waals surface area contributed by atoms with E-state index in [2.05, 4.69) is 233 Å². The lowest BCUT2D eigenvalue weighted by Gasteiger charge is -2.21. The lowest BCUT2D eigenvalue weighted by molar-refractivity contribution is 0.278. The Bertz CT molecular complexity index is 5030. The van der Waals surface area contributed by atoms with Crippen LogP contribution in [0.5, 0.6) is 69.0 Å². The summed E-state index contributed by atoms with van der Waals surface area (Å²) in [7, 11) is 13.6. The number of imidazole rings is 4. The summed E-state index contributed by atoms with van der Waals surface area (Å²) in [5, 5.41) is 0. The van der Waals surface area contributed by atoms with Crippen molar-refractivity contribution in [2.24, 2.45) is 47.3 Å². The molecule has 0 N–H and O–H groups in total. The first-order valence-electron chi connectivity index (χ1n) is 45.3. The zero-order valence-electron chi connectivity index (χ0n) is 80.9. The first kappa shape index (κ1) is 100.0. The largest absolute Gasteiger partial charge is 0.496 e. The first-order chi connectivity index (χ1) is 61.6. The van der Waals surface area contributed by atoms with E-state index in [1.165, 1.54) is 66.8 Å². The van der Waals surface area contributed by atoms with Gasteiger partial charge in [-0.2, -0.15) is 0 Å². The zero-order chi connectivity index (χ0) is 92.3. The minimum absolute atomic E-state index is 0.534. The molecule has 0 amide bonds. The summed E-state index contributed by atoms with van der Waals surface area (Å²) in [6.07, 6.45) is 23.5. The Morgan fingerprint density at radius 3 is 0.625 bits per heavy atom. The van der Waals surface area contributed by atoms with E-state index >= 15 is 0 Å². The maximum absolute atomic E-state index is 6.08. The van der Waals surface area contributed by atoms with Gasteiger partial charge in [-0.05, 0) is 294 Å². The highest BCUT2D eigenvalue weighted by Gasteiger charge is 2.22. The fraction of sp³-hybridized carbons (Fsp3) is 0.444. The highest BCUT2D eigenvalue weighted by molar-refractivity contribution is 5.47. The summed E-state index contributed by atoms with van der Waals surface area (Å²) in [4.78, 5) is 17.0. The summed E-state index contributed by atoms with van der Waals surface area (Å²) in [6.45, 7) is 40.3. The number of methoxy groups -OCH3 is 8. The molecule has 12 rings (SSSR count). The molecule has 8 atom stereocenters. The Kier molecular flexibility index (Phi) is 39.6. The van der Waals surface area contributed by atoms with Gasteiger partial charge in [-0.25, -0.2) is 19.9 Å². The van der Waals surface area contributed by atoms with Crippen LogP contribution in [0.15, 0.2) is 195 Å². The Morgan fingerprint density at radius 1 is 0.242 bits per heavy atom. The third-order valence-corrected chi connectivity index (χ3v) is 24.9. The van der Waals surface area contributed by atoms with Gasteiger partial charge < -0.3 is 75.1 Å². The summed E-state index contributed by atoms with van der Waals surface area (Å²) >= 11 is 0. The van der Waals surface area contributed by atoms with E-state index in [0.717, 1.165) is 170 Å². The Labute approximate surface area is 764 Å². The fourth-order valence-corrected chi connectivity index (χ4v) is 16.2. The number of ether oxygens (including phenoxy) is 12. The van der Waals surface area contributed by atoms with E-state index in [1.54, 1.807) is 56.9 Å². The Balaban J connectivity index is 0.000000193. The molecule has 0 saturated heterocycles. The molecule has 0 aliphatic carbocycles. The van der Waals surface area contributed by atoms with E-state index in [0.29, 0.717) is 73.8 Å². The Morgan fingerprint density at radius 2 is 0.445 bits per heavy atom. The van der Waals surface area contributed by atoms with Crippen molar-refractivity contribution in [1.82, 2.24) is 38.2 Å². The van der Waals surface area contributed by atoms with Crippen molar-refractivity contribution in [1.29, 1.82) is 0 Å². The predicted molar refractivity (Wildman–Crippen MR) is 516 cm³/mol. The molecule has 0 bridgehead atoms. The van der Waals surface area contributed by atoms with E-state index in [1.807, 2.05) is 111 Å². The standard InChI is InChI=1S/4C27H36N2O3/c2*1-19(13-23-7-9-25(30-5)21(3)15-23)20(2)14-24-8-10-26(31-6)27(16-24)32-12-11-29-17-22(4)28-18-29;2*1-19(15-23-7-9-25(30-5)21(3)17-23)20(2)16-24-8-10-26(31-6)27(18-24)32-14-13-29-12-11-28-22(29)4/h2*7-10,15-20H,11-14H2,1-6H3;2*7-12,17-20H,13-16H2,1-6H3/t4*19-,20+/m1111/s1. The molecule has 0 aliphatic rings. The molecule has 4 aromatic heterocycles. The van der Waals surface area contributed by atoms with Crippen molar-refractivity contribution in [3.8, 4) is 69.0 Å². The molecule has 0 spiro atoms. The summed E-state index contributed by atoms with van der Waals surface area (Å²) in [5.41, 5.74) is 17.3. The third-order valence-electron chi connectivity index (χ3n) is 24.9. The highest BCUT2D eigenvalue weighted by atomic mass is 16.5. The van der Waals surface area contributed by atoms with E-state index in [-0.39, 0.29) is 0 Å². The predicted octanol–water partition coefficient (Wildman–Crippen LogP) is 22.6. The van der Waals surface area contributed by atoms with Gasteiger partial charge in [0.05, 0.1) is 107 Å². The maximum Gasteiger partial charge on any atom is 0.161 e. The van der Waals surface area contributed by atoms with Crippen molar-refractivity contribution >= 4 is 0 Å². The number of benzene rings is 8. The molecule has 0 fully saturated rings. The minimum atomic E-state index is 0.534. The van der Waals surface area contributed by atoms with E-state index < -0.39 is 0 Å². The van der Waals surface area contributed by atoms with Crippen molar-refractivity contribution in [2.75, 3.05) is 83.3 Å². The quantitative estimate of drug-likeness (QED) is 0.0351. The lowest BCUT2D eigenvalue weighted by Crippen LogP contribution is -2.14. The van der Waals surface area contributed by atoms with Gasteiger partial charge in [0.25, 0.3) is 0 Å². The molecule has 20 heteroatoms. The normalized spacial score (nSPS) is 12.9. The molecule has 4 heterocycles. The molecule has 0 aliphatic heterocycles. The van der Waals surface area contributed by atoms with Crippen LogP contribution >= 0.6 is 0 Å². The highest BCUT2D eigenvalue weighted by Crippen LogP contribution is 2.37. The van der Waals surface area contributed by atoms with Crippen molar-refractivity contribution in [3.63, 3.8) is 0 Å². The van der Waals surface area contributed by atoms with Crippen molar-refractivity contribution in [3.05, 3.63) is 285 Å². The van der Waals surface area contributed by atoms with Gasteiger partial charge in [-0.15, -0.1) is 0 Å². The molecule has 12 aromatic rings. The van der Waals surface area contributed by atoms with Crippen LogP contribution in [-0.2, 0) is 77.5 Å². The third kappa shape index (κ3) is 30.7. The zero-order valence-corrected chi connectivity index (χ0v) is 80.9.